The number of hydrogen-bond acceptors (Lipinski definition) is 8. The van der Waals surface area contributed by atoms with Gasteiger partial charge in [0.1, 0.15) is 17.5 Å². The third-order valence-electron chi connectivity index (χ3n) is 7.60. The molecular weight excluding hydrogens is 470 g/mol. The minimum atomic E-state index is -1.22. The summed E-state index contributed by atoms with van der Waals surface area (Å²) >= 11 is 0. The van der Waals surface area contributed by atoms with Crippen molar-refractivity contribution in [3.63, 3.8) is 0 Å². The van der Waals surface area contributed by atoms with Crippen LogP contribution < -0.4 is 15.8 Å². The molecule has 200 valence electrons. The van der Waals surface area contributed by atoms with E-state index in [0.29, 0.717) is 41.6 Å². The third-order valence-corrected chi connectivity index (χ3v) is 7.60. The summed E-state index contributed by atoms with van der Waals surface area (Å²) in [4.78, 5) is 25.7. The molecule has 0 spiro atoms. The molecule has 1 saturated carbocycles. The lowest BCUT2D eigenvalue weighted by molar-refractivity contribution is -0.137. The summed E-state index contributed by atoms with van der Waals surface area (Å²) in [6.07, 6.45) is 2.88. The number of carbonyl (C=O) groups excluding carboxylic acids is 1. The first kappa shape index (κ1) is 27.0. The van der Waals surface area contributed by atoms with Gasteiger partial charge in [0.25, 0.3) is 0 Å². The first-order valence-corrected chi connectivity index (χ1v) is 13.0. The summed E-state index contributed by atoms with van der Waals surface area (Å²) in [5.74, 6) is 1.71. The van der Waals surface area contributed by atoms with Gasteiger partial charge in [-0.15, -0.1) is 0 Å². The van der Waals surface area contributed by atoms with Gasteiger partial charge in [-0.05, 0) is 63.9 Å². The molecule has 1 aromatic carbocycles. The quantitative estimate of drug-likeness (QED) is 0.448. The van der Waals surface area contributed by atoms with Crippen molar-refractivity contribution in [1.82, 2.24) is 15.3 Å². The molecule has 1 fully saturated rings. The zero-order valence-corrected chi connectivity index (χ0v) is 22.4. The maximum absolute atomic E-state index is 12.3. The number of aliphatic imine (C=N–C) groups is 1. The molecule has 37 heavy (non-hydrogen) atoms. The third kappa shape index (κ3) is 5.78. The Hall–Kier alpha value is -3.04. The monoisotopic (exact) mass is 509 g/mol. The van der Waals surface area contributed by atoms with E-state index in [1.54, 1.807) is 20.8 Å². The Bertz CT molecular complexity index is 1170. The Morgan fingerprint density at radius 1 is 1.19 bits per heavy atom. The second-order valence-electron chi connectivity index (χ2n) is 11.5. The zero-order valence-electron chi connectivity index (χ0n) is 22.4. The first-order valence-electron chi connectivity index (χ1n) is 13.0. The number of aromatic nitrogens is 2. The van der Waals surface area contributed by atoms with Crippen molar-refractivity contribution < 1.29 is 19.7 Å². The van der Waals surface area contributed by atoms with Crippen molar-refractivity contribution in [2.24, 2.45) is 16.3 Å². The number of nitrogens with two attached hydrogens (primary N) is 1. The van der Waals surface area contributed by atoms with Crippen molar-refractivity contribution in [3.05, 3.63) is 41.2 Å². The van der Waals surface area contributed by atoms with Gasteiger partial charge in [-0.3, -0.25) is 4.79 Å². The number of fused-ring (bicyclic) bond motifs is 1. The van der Waals surface area contributed by atoms with Gasteiger partial charge in [0.15, 0.2) is 11.5 Å². The van der Waals surface area contributed by atoms with E-state index in [4.69, 9.17) is 15.5 Å². The van der Waals surface area contributed by atoms with Crippen LogP contribution in [-0.2, 0) is 4.79 Å². The van der Waals surface area contributed by atoms with Crippen LogP contribution >= 0.6 is 0 Å². The number of rotatable bonds is 7. The van der Waals surface area contributed by atoms with Gasteiger partial charge in [0.05, 0.1) is 12.3 Å². The number of carbonyl (C=O) groups is 1. The highest BCUT2D eigenvalue weighted by atomic mass is 16.5. The SMILES string of the molecule is Cc1nc(N)c2c(n1)OC(C)(C)C(c1ccc(C3CCC(CNC(=O)C(O)C(C)(C)CO)CC3)cc1)=N2. The fourth-order valence-corrected chi connectivity index (χ4v) is 5.08. The van der Waals surface area contributed by atoms with Crippen LogP contribution in [0.2, 0.25) is 0 Å². The summed E-state index contributed by atoms with van der Waals surface area (Å²) in [5, 5.41) is 22.4. The predicted molar refractivity (Wildman–Crippen MR) is 143 cm³/mol. The van der Waals surface area contributed by atoms with Crippen molar-refractivity contribution >= 4 is 23.1 Å². The molecule has 2 aromatic rings. The van der Waals surface area contributed by atoms with Crippen molar-refractivity contribution in [3.8, 4) is 5.88 Å². The number of nitrogens with one attached hydrogen (secondary N) is 1. The number of anilines is 1. The van der Waals surface area contributed by atoms with Gasteiger partial charge in [-0.2, -0.15) is 4.98 Å². The smallest absolute Gasteiger partial charge is 0.249 e. The Kier molecular flexibility index (Phi) is 7.57. The van der Waals surface area contributed by atoms with Crippen LogP contribution in [0.15, 0.2) is 29.3 Å². The van der Waals surface area contributed by atoms with Crippen LogP contribution in [-0.4, -0.2) is 56.7 Å². The van der Waals surface area contributed by atoms with Crippen molar-refractivity contribution in [1.29, 1.82) is 0 Å². The number of benzene rings is 1. The van der Waals surface area contributed by atoms with E-state index in [-0.39, 0.29) is 6.61 Å². The summed E-state index contributed by atoms with van der Waals surface area (Å²) in [6.45, 7) is 9.36. The maximum Gasteiger partial charge on any atom is 0.249 e. The number of hydrogen-bond donors (Lipinski definition) is 4. The van der Waals surface area contributed by atoms with Gasteiger partial charge in [-0.25, -0.2) is 9.98 Å². The van der Waals surface area contributed by atoms with Gasteiger partial charge >= 0.3 is 0 Å². The number of aliphatic hydroxyl groups excluding tert-OH is 2. The molecule has 9 nitrogen and oxygen atoms in total. The fourth-order valence-electron chi connectivity index (χ4n) is 5.08. The Labute approximate surface area is 218 Å². The molecule has 5 N–H and O–H groups in total. The van der Waals surface area contributed by atoms with Crippen LogP contribution in [0.25, 0.3) is 0 Å². The predicted octanol–water partition coefficient (Wildman–Crippen LogP) is 3.43. The van der Waals surface area contributed by atoms with Gasteiger partial charge in [-0.1, -0.05) is 38.1 Å². The summed E-state index contributed by atoms with van der Waals surface area (Å²) in [6, 6.07) is 8.51. The molecule has 4 rings (SSSR count). The molecule has 2 aliphatic rings. The second kappa shape index (κ2) is 10.4. The number of nitrogen functional groups attached to an aromatic ring is 1. The molecule has 1 aliphatic carbocycles. The summed E-state index contributed by atoms with van der Waals surface area (Å²) < 4.78 is 6.17. The van der Waals surface area contributed by atoms with E-state index in [1.165, 1.54) is 5.56 Å². The van der Waals surface area contributed by atoms with Crippen LogP contribution in [0.3, 0.4) is 0 Å². The number of aryl methyl sites for hydroxylation is 1. The second-order valence-corrected chi connectivity index (χ2v) is 11.5. The normalized spacial score (nSPS) is 21.9. The molecule has 1 unspecified atom stereocenters. The van der Waals surface area contributed by atoms with Crippen LogP contribution in [0.1, 0.15) is 76.2 Å². The number of aliphatic hydroxyl groups is 2. The highest BCUT2D eigenvalue weighted by Crippen LogP contribution is 2.40. The summed E-state index contributed by atoms with van der Waals surface area (Å²) in [7, 11) is 0. The lowest BCUT2D eigenvalue weighted by Gasteiger charge is -2.33. The van der Waals surface area contributed by atoms with Crippen molar-refractivity contribution in [2.75, 3.05) is 18.9 Å². The number of ether oxygens (including phenoxy) is 1. The standard InChI is InChI=1S/C28H39N5O4/c1-16-31-24(29)21-26(32-16)37-28(4,5)22(33-21)20-12-10-19(11-13-20)18-8-6-17(7-9-18)14-30-25(36)23(35)27(2,3)15-34/h10-13,17-18,23,34-35H,6-9,14-15H2,1-5H3,(H,30,36)(H2,29,31,32). The Balaban J connectivity index is 1.37. The van der Waals surface area contributed by atoms with E-state index in [0.717, 1.165) is 37.0 Å². The molecule has 0 radical (unpaired) electrons. The van der Waals surface area contributed by atoms with Gasteiger partial charge < -0.3 is 26.0 Å². The number of amides is 1. The largest absolute Gasteiger partial charge is 0.463 e. The summed E-state index contributed by atoms with van der Waals surface area (Å²) in [5.41, 5.74) is 8.10. The molecular formula is C28H39N5O4. The first-order chi connectivity index (χ1) is 17.4. The molecule has 0 bridgehead atoms. The highest BCUT2D eigenvalue weighted by Gasteiger charge is 2.36. The average Bonchev–Trinajstić information content (AvgIpc) is 2.86. The van der Waals surface area contributed by atoms with Gasteiger partial charge in [0.2, 0.25) is 11.8 Å². The lowest BCUT2D eigenvalue weighted by Crippen LogP contribution is -2.46. The molecule has 2 heterocycles. The molecule has 1 atom stereocenters. The van der Waals surface area contributed by atoms with Crippen LogP contribution in [0, 0.1) is 18.3 Å². The van der Waals surface area contributed by atoms with E-state index in [9.17, 15) is 15.0 Å². The van der Waals surface area contributed by atoms with E-state index in [1.807, 2.05) is 13.8 Å². The number of nitrogens with zero attached hydrogens (tertiary/aromatic N) is 3. The van der Waals surface area contributed by atoms with E-state index < -0.39 is 23.0 Å². The topological polar surface area (TPSA) is 143 Å². The molecule has 1 aromatic heterocycles. The lowest BCUT2D eigenvalue weighted by atomic mass is 9.78. The molecule has 9 heteroatoms. The Morgan fingerprint density at radius 3 is 2.46 bits per heavy atom. The van der Waals surface area contributed by atoms with Crippen LogP contribution in [0.4, 0.5) is 11.5 Å². The van der Waals surface area contributed by atoms with E-state index >= 15 is 0 Å². The molecule has 1 aliphatic heterocycles. The average molecular weight is 510 g/mol. The Morgan fingerprint density at radius 2 is 1.84 bits per heavy atom. The fraction of sp³-hybridized carbons (Fsp3) is 0.571. The highest BCUT2D eigenvalue weighted by molar-refractivity contribution is 6.09. The maximum atomic E-state index is 12.3. The van der Waals surface area contributed by atoms with E-state index in [2.05, 4.69) is 39.6 Å². The van der Waals surface area contributed by atoms with Gasteiger partial charge in [0, 0.05) is 17.5 Å². The van der Waals surface area contributed by atoms with Crippen LogP contribution in [0.5, 0.6) is 5.88 Å². The molecule has 1 amide bonds. The minimum Gasteiger partial charge on any atom is -0.463 e. The minimum absolute atomic E-state index is 0.251. The van der Waals surface area contributed by atoms with Crippen molar-refractivity contribution in [2.45, 2.75) is 77.9 Å². The molecule has 0 saturated heterocycles. The zero-order chi connectivity index (χ0) is 27.0.